The molecule has 0 aliphatic rings. The van der Waals surface area contributed by atoms with Gasteiger partial charge in [-0.05, 0) is 51.5 Å². The third kappa shape index (κ3) is 5.84. The van der Waals surface area contributed by atoms with Crippen LogP contribution in [0, 0.1) is 5.82 Å². The minimum Gasteiger partial charge on any atom is -0.493 e. The molecule has 2 unspecified atom stereocenters. The summed E-state index contributed by atoms with van der Waals surface area (Å²) in [6.45, 7) is 7.84. The van der Waals surface area contributed by atoms with E-state index in [0.717, 1.165) is 0 Å². The first kappa shape index (κ1) is 24.6. The van der Waals surface area contributed by atoms with E-state index < -0.39 is 17.2 Å². The predicted octanol–water partition coefficient (Wildman–Crippen LogP) is 5.66. The number of aromatic nitrogens is 3. The van der Waals surface area contributed by atoms with Crippen LogP contribution in [0.2, 0.25) is 0 Å². The molecule has 9 heteroatoms. The Kier molecular flexibility index (Phi) is 8.32. The minimum absolute atomic E-state index is 0.0355. The molecule has 0 aliphatic carbocycles. The molecule has 0 spiro atoms. The summed E-state index contributed by atoms with van der Waals surface area (Å²) in [6.07, 6.45) is 0.135. The van der Waals surface area contributed by atoms with E-state index in [-0.39, 0.29) is 17.6 Å². The Morgan fingerprint density at radius 3 is 2.39 bits per heavy atom. The Balaban J connectivity index is 1.80. The second-order valence-electron chi connectivity index (χ2n) is 7.70. The summed E-state index contributed by atoms with van der Waals surface area (Å²) in [4.78, 5) is 12.8. The summed E-state index contributed by atoms with van der Waals surface area (Å²) in [7, 11) is 1.59. The molecule has 1 N–H and O–H groups in total. The lowest BCUT2D eigenvalue weighted by molar-refractivity contribution is -0.115. The highest BCUT2D eigenvalue weighted by atomic mass is 32.2. The van der Waals surface area contributed by atoms with Crippen molar-refractivity contribution < 1.29 is 18.7 Å². The SMILES string of the molecule is CCC(Sc1nnc(C(C)Oc2ccccc2OC)n1C(C)C)C(=O)Nc1ccccc1F. The maximum Gasteiger partial charge on any atom is 0.238 e. The second kappa shape index (κ2) is 11.2. The van der Waals surface area contributed by atoms with E-state index in [4.69, 9.17) is 9.47 Å². The van der Waals surface area contributed by atoms with Crippen LogP contribution in [0.15, 0.2) is 53.7 Å². The maximum absolute atomic E-state index is 14.0. The number of benzene rings is 2. The van der Waals surface area contributed by atoms with E-state index >= 15 is 0 Å². The van der Waals surface area contributed by atoms with Crippen LogP contribution < -0.4 is 14.8 Å². The number of nitrogens with one attached hydrogen (secondary N) is 1. The van der Waals surface area contributed by atoms with Gasteiger partial charge < -0.3 is 19.4 Å². The molecule has 0 radical (unpaired) electrons. The van der Waals surface area contributed by atoms with Crippen molar-refractivity contribution in [3.05, 3.63) is 60.2 Å². The van der Waals surface area contributed by atoms with Crippen LogP contribution in [0.3, 0.4) is 0 Å². The van der Waals surface area contributed by atoms with Gasteiger partial charge in [-0.25, -0.2) is 4.39 Å². The van der Waals surface area contributed by atoms with E-state index in [9.17, 15) is 9.18 Å². The fourth-order valence-corrected chi connectivity index (χ4v) is 4.41. The molecule has 3 rings (SSSR count). The number of carbonyl (C=O) groups is 1. The molecule has 176 valence electrons. The van der Waals surface area contributed by atoms with Crippen LogP contribution in [0.25, 0.3) is 0 Å². The van der Waals surface area contributed by atoms with E-state index in [1.165, 1.54) is 23.9 Å². The highest BCUT2D eigenvalue weighted by Gasteiger charge is 2.27. The van der Waals surface area contributed by atoms with Crippen LogP contribution in [-0.2, 0) is 4.79 Å². The number of hydrogen-bond acceptors (Lipinski definition) is 6. The van der Waals surface area contributed by atoms with Crippen molar-refractivity contribution in [2.24, 2.45) is 0 Å². The number of para-hydroxylation sites is 3. The highest BCUT2D eigenvalue weighted by molar-refractivity contribution is 8.00. The van der Waals surface area contributed by atoms with E-state index in [2.05, 4.69) is 15.5 Å². The number of nitrogens with zero attached hydrogens (tertiary/aromatic N) is 3. The smallest absolute Gasteiger partial charge is 0.238 e. The summed E-state index contributed by atoms with van der Waals surface area (Å²) >= 11 is 1.30. The molecular weight excluding hydrogens is 443 g/mol. The van der Waals surface area contributed by atoms with Gasteiger partial charge in [0.15, 0.2) is 28.6 Å². The Bertz CT molecular complexity index is 1090. The van der Waals surface area contributed by atoms with Crippen molar-refractivity contribution in [1.82, 2.24) is 14.8 Å². The Morgan fingerprint density at radius 1 is 1.09 bits per heavy atom. The third-order valence-corrected chi connectivity index (χ3v) is 6.31. The number of methoxy groups -OCH3 is 1. The van der Waals surface area contributed by atoms with Gasteiger partial charge in [-0.3, -0.25) is 4.79 Å². The van der Waals surface area contributed by atoms with Gasteiger partial charge in [-0.1, -0.05) is 43.0 Å². The molecule has 2 aromatic carbocycles. The lowest BCUT2D eigenvalue weighted by Crippen LogP contribution is -2.25. The summed E-state index contributed by atoms with van der Waals surface area (Å²) < 4.78 is 27.4. The van der Waals surface area contributed by atoms with Gasteiger partial charge in [0.2, 0.25) is 5.91 Å². The number of carbonyl (C=O) groups excluding carboxylic acids is 1. The molecule has 0 aliphatic heterocycles. The lowest BCUT2D eigenvalue weighted by Gasteiger charge is -2.21. The Hall–Kier alpha value is -3.07. The van der Waals surface area contributed by atoms with Gasteiger partial charge in [0, 0.05) is 6.04 Å². The van der Waals surface area contributed by atoms with Crippen molar-refractivity contribution >= 4 is 23.4 Å². The molecule has 1 amide bonds. The number of anilines is 1. The van der Waals surface area contributed by atoms with E-state index in [1.807, 2.05) is 56.5 Å². The molecule has 3 aromatic rings. The minimum atomic E-state index is -0.472. The van der Waals surface area contributed by atoms with Crippen LogP contribution in [0.4, 0.5) is 10.1 Å². The van der Waals surface area contributed by atoms with E-state index in [0.29, 0.717) is 28.9 Å². The van der Waals surface area contributed by atoms with E-state index in [1.54, 1.807) is 19.2 Å². The average molecular weight is 473 g/mol. The average Bonchev–Trinajstić information content (AvgIpc) is 3.23. The number of halogens is 1. The summed E-state index contributed by atoms with van der Waals surface area (Å²) in [5, 5.41) is 11.5. The van der Waals surface area contributed by atoms with Gasteiger partial charge in [-0.15, -0.1) is 10.2 Å². The number of hydrogen-bond donors (Lipinski definition) is 1. The fourth-order valence-electron chi connectivity index (χ4n) is 3.32. The molecule has 0 bridgehead atoms. The molecule has 0 saturated carbocycles. The van der Waals surface area contributed by atoms with Crippen LogP contribution in [0.5, 0.6) is 11.5 Å². The first-order valence-corrected chi connectivity index (χ1v) is 11.7. The predicted molar refractivity (Wildman–Crippen MR) is 127 cm³/mol. The Morgan fingerprint density at radius 2 is 1.76 bits per heavy atom. The quantitative estimate of drug-likeness (QED) is 0.384. The normalized spacial score (nSPS) is 12.9. The zero-order chi connectivity index (χ0) is 24.0. The van der Waals surface area contributed by atoms with Crippen molar-refractivity contribution in [1.29, 1.82) is 0 Å². The molecule has 7 nitrogen and oxygen atoms in total. The Labute approximate surface area is 197 Å². The van der Waals surface area contributed by atoms with Crippen molar-refractivity contribution in [3.63, 3.8) is 0 Å². The maximum atomic E-state index is 14.0. The standard InChI is InChI=1S/C24H29FN4O3S/c1-6-21(23(30)26-18-12-8-7-11-17(18)25)33-24-28-27-22(29(24)15(2)3)16(4)32-20-14-10-9-13-19(20)31-5/h7-16,21H,6H2,1-5H3,(H,26,30). The summed E-state index contributed by atoms with van der Waals surface area (Å²) in [6, 6.07) is 13.6. The third-order valence-electron chi connectivity index (χ3n) is 4.99. The van der Waals surface area contributed by atoms with Gasteiger partial charge in [-0.2, -0.15) is 0 Å². The van der Waals surface area contributed by atoms with Crippen molar-refractivity contribution in [2.75, 3.05) is 12.4 Å². The largest absolute Gasteiger partial charge is 0.493 e. The second-order valence-corrected chi connectivity index (χ2v) is 8.87. The molecule has 33 heavy (non-hydrogen) atoms. The van der Waals surface area contributed by atoms with Gasteiger partial charge in [0.25, 0.3) is 0 Å². The molecule has 0 fully saturated rings. The molecule has 0 saturated heterocycles. The molecule has 1 heterocycles. The number of amides is 1. The zero-order valence-electron chi connectivity index (χ0n) is 19.4. The van der Waals surface area contributed by atoms with Gasteiger partial charge in [0.05, 0.1) is 18.0 Å². The monoisotopic (exact) mass is 472 g/mol. The zero-order valence-corrected chi connectivity index (χ0v) is 20.2. The summed E-state index contributed by atoms with van der Waals surface area (Å²) in [5.41, 5.74) is 0.159. The number of thioether (sulfide) groups is 1. The topological polar surface area (TPSA) is 78.3 Å². The molecule has 1 aromatic heterocycles. The van der Waals surface area contributed by atoms with Crippen LogP contribution in [-0.4, -0.2) is 33.0 Å². The fraction of sp³-hybridized carbons (Fsp3) is 0.375. The lowest BCUT2D eigenvalue weighted by atomic mass is 10.2. The van der Waals surface area contributed by atoms with Crippen molar-refractivity contribution in [3.8, 4) is 11.5 Å². The van der Waals surface area contributed by atoms with Crippen LogP contribution >= 0.6 is 11.8 Å². The van der Waals surface area contributed by atoms with Crippen molar-refractivity contribution in [2.45, 2.75) is 56.7 Å². The van der Waals surface area contributed by atoms with Gasteiger partial charge >= 0.3 is 0 Å². The number of rotatable bonds is 10. The molecule has 2 atom stereocenters. The van der Waals surface area contributed by atoms with Crippen LogP contribution in [0.1, 0.15) is 52.1 Å². The number of ether oxygens (including phenoxy) is 2. The highest BCUT2D eigenvalue weighted by Crippen LogP contribution is 2.33. The molecular formula is C24H29FN4O3S. The summed E-state index contributed by atoms with van der Waals surface area (Å²) in [5.74, 6) is 1.12. The first-order chi connectivity index (χ1) is 15.8. The first-order valence-electron chi connectivity index (χ1n) is 10.8. The van der Waals surface area contributed by atoms with Gasteiger partial charge in [0.1, 0.15) is 5.82 Å².